The third-order valence-electron chi connectivity index (χ3n) is 4.74. The summed E-state index contributed by atoms with van der Waals surface area (Å²) in [4.78, 5) is 12.1. The standard InChI is InChI=1S/C17H29N3O2/c1-11(2)17-14(8-9-22-17)10-18-16(21)7-6-15-12(3)19-20(5)13(15)4/h11,14,17H,6-10H2,1-5H3,(H,18,21). The predicted molar refractivity (Wildman–Crippen MR) is 86.7 cm³/mol. The van der Waals surface area contributed by atoms with Crippen LogP contribution in [0.1, 0.15) is 43.6 Å². The van der Waals surface area contributed by atoms with Gasteiger partial charge in [-0.3, -0.25) is 9.48 Å². The van der Waals surface area contributed by atoms with E-state index in [9.17, 15) is 4.79 Å². The molecule has 1 saturated heterocycles. The van der Waals surface area contributed by atoms with Crippen molar-refractivity contribution < 1.29 is 9.53 Å². The highest BCUT2D eigenvalue weighted by atomic mass is 16.5. The fourth-order valence-electron chi connectivity index (χ4n) is 3.36. The van der Waals surface area contributed by atoms with Crippen LogP contribution in [0.15, 0.2) is 0 Å². The molecule has 1 amide bonds. The minimum absolute atomic E-state index is 0.122. The van der Waals surface area contributed by atoms with Crippen molar-refractivity contribution in [1.82, 2.24) is 15.1 Å². The molecule has 1 aromatic rings. The Kier molecular flexibility index (Phi) is 5.62. The molecule has 0 saturated carbocycles. The Hall–Kier alpha value is -1.36. The van der Waals surface area contributed by atoms with E-state index in [-0.39, 0.29) is 12.0 Å². The average Bonchev–Trinajstić information content (AvgIpc) is 3.01. The van der Waals surface area contributed by atoms with Crippen molar-refractivity contribution in [2.45, 2.75) is 53.1 Å². The molecule has 1 aliphatic rings. The first-order chi connectivity index (χ1) is 10.4. The average molecular weight is 307 g/mol. The van der Waals surface area contributed by atoms with Crippen LogP contribution >= 0.6 is 0 Å². The normalized spacial score (nSPS) is 21.5. The van der Waals surface area contributed by atoms with Crippen molar-refractivity contribution in [3.63, 3.8) is 0 Å². The molecule has 5 nitrogen and oxygen atoms in total. The first kappa shape index (κ1) is 17.0. The molecule has 2 atom stereocenters. The van der Waals surface area contributed by atoms with Gasteiger partial charge in [0.2, 0.25) is 5.91 Å². The number of hydrogen-bond acceptors (Lipinski definition) is 3. The quantitative estimate of drug-likeness (QED) is 0.876. The summed E-state index contributed by atoms with van der Waals surface area (Å²) in [6.07, 6.45) is 2.60. The van der Waals surface area contributed by atoms with Crippen LogP contribution < -0.4 is 5.32 Å². The van der Waals surface area contributed by atoms with Gasteiger partial charge in [-0.15, -0.1) is 0 Å². The predicted octanol–water partition coefficient (Wildman–Crippen LogP) is 2.15. The Morgan fingerprint density at radius 3 is 2.77 bits per heavy atom. The number of ether oxygens (including phenoxy) is 1. The molecule has 1 fully saturated rings. The van der Waals surface area contributed by atoms with Gasteiger partial charge in [0.25, 0.3) is 0 Å². The van der Waals surface area contributed by atoms with E-state index in [0.29, 0.717) is 18.3 Å². The molecular weight excluding hydrogens is 278 g/mol. The van der Waals surface area contributed by atoms with Gasteiger partial charge < -0.3 is 10.1 Å². The lowest BCUT2D eigenvalue weighted by Crippen LogP contribution is -2.35. The van der Waals surface area contributed by atoms with Gasteiger partial charge in [0.1, 0.15) is 0 Å². The molecular formula is C17H29N3O2. The molecule has 2 rings (SSSR count). The van der Waals surface area contributed by atoms with Crippen LogP contribution in [-0.4, -0.2) is 34.9 Å². The smallest absolute Gasteiger partial charge is 0.220 e. The van der Waals surface area contributed by atoms with Gasteiger partial charge in [-0.1, -0.05) is 13.8 Å². The van der Waals surface area contributed by atoms with Gasteiger partial charge in [-0.05, 0) is 38.2 Å². The largest absolute Gasteiger partial charge is 0.378 e. The van der Waals surface area contributed by atoms with Crippen LogP contribution in [0.4, 0.5) is 0 Å². The summed E-state index contributed by atoms with van der Waals surface area (Å²) in [6.45, 7) is 9.96. The lowest BCUT2D eigenvalue weighted by molar-refractivity contribution is -0.121. The van der Waals surface area contributed by atoms with E-state index in [4.69, 9.17) is 4.74 Å². The van der Waals surface area contributed by atoms with Gasteiger partial charge >= 0.3 is 0 Å². The van der Waals surface area contributed by atoms with Crippen molar-refractivity contribution in [1.29, 1.82) is 0 Å². The molecule has 0 aliphatic carbocycles. The highest BCUT2D eigenvalue weighted by Crippen LogP contribution is 2.26. The number of aryl methyl sites for hydroxylation is 2. The molecule has 1 N–H and O–H groups in total. The Labute approximate surface area is 133 Å². The number of rotatable bonds is 6. The fraction of sp³-hybridized carbons (Fsp3) is 0.765. The summed E-state index contributed by atoms with van der Waals surface area (Å²) < 4.78 is 7.64. The first-order valence-electron chi connectivity index (χ1n) is 8.27. The van der Waals surface area contributed by atoms with E-state index in [2.05, 4.69) is 31.2 Å². The lowest BCUT2D eigenvalue weighted by Gasteiger charge is -2.22. The summed E-state index contributed by atoms with van der Waals surface area (Å²) >= 11 is 0. The Morgan fingerprint density at radius 2 is 2.18 bits per heavy atom. The Bertz CT molecular complexity index is 522. The minimum atomic E-state index is 0.122. The van der Waals surface area contributed by atoms with Gasteiger partial charge in [0.15, 0.2) is 0 Å². The maximum atomic E-state index is 12.1. The van der Waals surface area contributed by atoms with E-state index >= 15 is 0 Å². The first-order valence-corrected chi connectivity index (χ1v) is 8.27. The molecule has 2 unspecified atom stereocenters. The molecule has 0 aromatic carbocycles. The van der Waals surface area contributed by atoms with Crippen LogP contribution in [0.2, 0.25) is 0 Å². The third-order valence-corrected chi connectivity index (χ3v) is 4.74. The Morgan fingerprint density at radius 1 is 1.45 bits per heavy atom. The maximum Gasteiger partial charge on any atom is 0.220 e. The molecule has 2 heterocycles. The van der Waals surface area contributed by atoms with Crippen molar-refractivity contribution in [2.75, 3.05) is 13.2 Å². The molecule has 0 bridgehead atoms. The number of aromatic nitrogens is 2. The van der Waals surface area contributed by atoms with E-state index in [1.807, 2.05) is 18.7 Å². The van der Waals surface area contributed by atoms with E-state index < -0.39 is 0 Å². The van der Waals surface area contributed by atoms with Gasteiger partial charge in [0, 0.05) is 38.2 Å². The SMILES string of the molecule is Cc1nn(C)c(C)c1CCC(=O)NCC1CCOC1C(C)C. The third kappa shape index (κ3) is 3.88. The fourth-order valence-corrected chi connectivity index (χ4v) is 3.36. The van der Waals surface area contributed by atoms with Gasteiger partial charge in [0.05, 0.1) is 11.8 Å². The summed E-state index contributed by atoms with van der Waals surface area (Å²) in [7, 11) is 1.94. The van der Waals surface area contributed by atoms with Crippen LogP contribution in [0.5, 0.6) is 0 Å². The van der Waals surface area contributed by atoms with E-state index in [0.717, 1.165) is 37.4 Å². The highest BCUT2D eigenvalue weighted by Gasteiger charge is 2.30. The summed E-state index contributed by atoms with van der Waals surface area (Å²) in [5.41, 5.74) is 3.37. The summed E-state index contributed by atoms with van der Waals surface area (Å²) in [5.74, 6) is 1.08. The van der Waals surface area contributed by atoms with Crippen LogP contribution in [0.3, 0.4) is 0 Å². The second-order valence-electron chi connectivity index (χ2n) is 6.71. The number of carbonyl (C=O) groups is 1. The monoisotopic (exact) mass is 307 g/mol. The number of nitrogens with zero attached hydrogens (tertiary/aromatic N) is 2. The number of carbonyl (C=O) groups excluding carboxylic acids is 1. The van der Waals surface area contributed by atoms with Crippen LogP contribution in [0, 0.1) is 25.7 Å². The van der Waals surface area contributed by atoms with E-state index in [1.54, 1.807) is 0 Å². The molecule has 0 radical (unpaired) electrons. The van der Waals surface area contributed by atoms with Crippen LogP contribution in [-0.2, 0) is 23.0 Å². The maximum absolute atomic E-state index is 12.1. The topological polar surface area (TPSA) is 56.2 Å². The number of amides is 1. The number of nitrogens with one attached hydrogen (secondary N) is 1. The van der Waals surface area contributed by atoms with Crippen molar-refractivity contribution >= 4 is 5.91 Å². The molecule has 1 aromatic heterocycles. The molecule has 22 heavy (non-hydrogen) atoms. The van der Waals surface area contributed by atoms with Gasteiger partial charge in [-0.25, -0.2) is 0 Å². The molecule has 124 valence electrons. The zero-order valence-corrected chi connectivity index (χ0v) is 14.5. The lowest BCUT2D eigenvalue weighted by atomic mass is 9.93. The van der Waals surface area contributed by atoms with Crippen molar-refractivity contribution in [3.8, 4) is 0 Å². The van der Waals surface area contributed by atoms with E-state index in [1.165, 1.54) is 5.56 Å². The summed E-state index contributed by atoms with van der Waals surface area (Å²) in [6, 6.07) is 0. The van der Waals surface area contributed by atoms with Gasteiger partial charge in [-0.2, -0.15) is 5.10 Å². The van der Waals surface area contributed by atoms with Crippen molar-refractivity contribution in [2.24, 2.45) is 18.9 Å². The minimum Gasteiger partial charge on any atom is -0.378 e. The second kappa shape index (κ2) is 7.27. The molecule has 0 spiro atoms. The van der Waals surface area contributed by atoms with Crippen molar-refractivity contribution in [3.05, 3.63) is 17.0 Å². The Balaban J connectivity index is 1.79. The number of hydrogen-bond donors (Lipinski definition) is 1. The molecule has 5 heteroatoms. The highest BCUT2D eigenvalue weighted by molar-refractivity contribution is 5.76. The summed E-state index contributed by atoms with van der Waals surface area (Å²) in [5, 5.41) is 7.47. The zero-order chi connectivity index (χ0) is 16.3. The zero-order valence-electron chi connectivity index (χ0n) is 14.5. The molecule has 1 aliphatic heterocycles. The second-order valence-corrected chi connectivity index (χ2v) is 6.71. The van der Waals surface area contributed by atoms with Crippen LogP contribution in [0.25, 0.3) is 0 Å².